The van der Waals surface area contributed by atoms with Crippen LogP contribution in [0.3, 0.4) is 0 Å². The lowest BCUT2D eigenvalue weighted by Gasteiger charge is -2.06. The summed E-state index contributed by atoms with van der Waals surface area (Å²) in [4.78, 5) is 12.1. The van der Waals surface area contributed by atoms with Crippen LogP contribution in [0.15, 0.2) is 66.7 Å². The fraction of sp³-hybridized carbons (Fsp3) is 0.364. The number of halogens is 2. The Kier molecular flexibility index (Phi) is 12.4. The number of esters is 1. The summed E-state index contributed by atoms with van der Waals surface area (Å²) < 4.78 is 37.7. The van der Waals surface area contributed by atoms with E-state index in [0.717, 1.165) is 42.0 Å². The predicted molar refractivity (Wildman–Crippen MR) is 148 cm³/mol. The topological polar surface area (TPSA) is 35.5 Å². The van der Waals surface area contributed by atoms with Crippen LogP contribution in [0.2, 0.25) is 0 Å². The number of unbranched alkanes of at least 4 members (excludes halogenated alkanes) is 9. The lowest BCUT2D eigenvalue weighted by atomic mass is 10.1. The average molecular weight is 519 g/mol. The maximum absolute atomic E-state index is 13.3. The van der Waals surface area contributed by atoms with Crippen molar-refractivity contribution in [1.82, 2.24) is 0 Å². The van der Waals surface area contributed by atoms with Crippen LogP contribution in [0, 0.1) is 23.5 Å². The van der Waals surface area contributed by atoms with Crippen molar-refractivity contribution in [2.75, 3.05) is 6.61 Å². The first-order valence-corrected chi connectivity index (χ1v) is 13.6. The maximum Gasteiger partial charge on any atom is 0.343 e. The molecule has 0 amide bonds. The molecule has 0 bridgehead atoms. The predicted octanol–water partition coefficient (Wildman–Crippen LogP) is 8.88. The zero-order valence-corrected chi connectivity index (χ0v) is 22.1. The first kappa shape index (κ1) is 28.9. The Bertz CT molecular complexity index is 1170. The molecule has 3 nitrogen and oxygen atoms in total. The number of hydrogen-bond donors (Lipinski definition) is 0. The van der Waals surface area contributed by atoms with Crippen LogP contribution < -0.4 is 9.47 Å². The molecule has 0 radical (unpaired) electrons. The molecule has 0 aliphatic rings. The second-order valence-corrected chi connectivity index (χ2v) is 9.38. The van der Waals surface area contributed by atoms with Crippen molar-refractivity contribution < 1.29 is 23.0 Å². The molecule has 3 aromatic carbocycles. The van der Waals surface area contributed by atoms with Gasteiger partial charge in [0.25, 0.3) is 0 Å². The van der Waals surface area contributed by atoms with Gasteiger partial charge in [0.2, 0.25) is 0 Å². The summed E-state index contributed by atoms with van der Waals surface area (Å²) in [6.07, 6.45) is 13.0. The van der Waals surface area contributed by atoms with E-state index in [1.54, 1.807) is 24.3 Å². The first-order chi connectivity index (χ1) is 18.5. The van der Waals surface area contributed by atoms with Crippen LogP contribution in [-0.4, -0.2) is 12.6 Å². The monoisotopic (exact) mass is 518 g/mol. The van der Waals surface area contributed by atoms with E-state index in [1.807, 2.05) is 24.3 Å². The van der Waals surface area contributed by atoms with Gasteiger partial charge >= 0.3 is 5.97 Å². The van der Waals surface area contributed by atoms with Gasteiger partial charge in [-0.3, -0.25) is 0 Å². The number of carbonyl (C=O) groups is 1. The van der Waals surface area contributed by atoms with E-state index in [1.165, 1.54) is 57.8 Å². The van der Waals surface area contributed by atoms with E-state index in [9.17, 15) is 13.6 Å². The van der Waals surface area contributed by atoms with Crippen LogP contribution in [0.25, 0.3) is 0 Å². The molecule has 0 atom stereocenters. The summed E-state index contributed by atoms with van der Waals surface area (Å²) in [5.74, 6) is 4.76. The van der Waals surface area contributed by atoms with Crippen LogP contribution in [0.4, 0.5) is 8.78 Å². The van der Waals surface area contributed by atoms with E-state index in [0.29, 0.717) is 6.07 Å². The molecule has 3 aromatic rings. The molecule has 38 heavy (non-hydrogen) atoms. The van der Waals surface area contributed by atoms with E-state index in [2.05, 4.69) is 18.8 Å². The lowest BCUT2D eigenvalue weighted by Crippen LogP contribution is -2.09. The second kappa shape index (κ2) is 16.2. The van der Waals surface area contributed by atoms with Crippen molar-refractivity contribution in [3.63, 3.8) is 0 Å². The van der Waals surface area contributed by atoms with E-state index in [4.69, 9.17) is 9.47 Å². The highest BCUT2D eigenvalue weighted by molar-refractivity contribution is 5.91. The highest BCUT2D eigenvalue weighted by Gasteiger charge is 2.11. The van der Waals surface area contributed by atoms with Crippen molar-refractivity contribution in [3.05, 3.63) is 95.1 Å². The highest BCUT2D eigenvalue weighted by Crippen LogP contribution is 2.17. The highest BCUT2D eigenvalue weighted by atomic mass is 19.1. The lowest BCUT2D eigenvalue weighted by molar-refractivity contribution is 0.0733. The molecule has 0 saturated heterocycles. The quantitative estimate of drug-likeness (QED) is 0.0925. The smallest absolute Gasteiger partial charge is 0.343 e. The Hall–Kier alpha value is -3.65. The van der Waals surface area contributed by atoms with Crippen LogP contribution in [0.5, 0.6) is 11.5 Å². The molecular formula is C33H36F2O3. The standard InChI is InChI=1S/C33H36F2O3/c1-2-3-4-5-6-7-8-9-10-11-22-37-31-18-14-26(15-19-31)12-13-27-16-20-32(21-17-27)38-33(36)28-23-29(34)25-30(35)24-28/h14-21,23-25H,2-11,22H2,1H3. The number of hydrogen-bond acceptors (Lipinski definition) is 3. The van der Waals surface area contributed by atoms with Gasteiger partial charge in [-0.15, -0.1) is 0 Å². The summed E-state index contributed by atoms with van der Waals surface area (Å²) in [6, 6.07) is 16.9. The third kappa shape index (κ3) is 10.8. The molecule has 0 saturated carbocycles. The molecule has 0 spiro atoms. The molecule has 0 aromatic heterocycles. The van der Waals surface area contributed by atoms with E-state index < -0.39 is 17.6 Å². The molecule has 0 unspecified atom stereocenters. The Balaban J connectivity index is 1.36. The van der Waals surface area contributed by atoms with Crippen molar-refractivity contribution in [3.8, 4) is 23.3 Å². The van der Waals surface area contributed by atoms with Gasteiger partial charge in [0.1, 0.15) is 23.1 Å². The average Bonchev–Trinajstić information content (AvgIpc) is 2.91. The van der Waals surface area contributed by atoms with Crippen LogP contribution in [0.1, 0.15) is 92.6 Å². The molecule has 0 aliphatic heterocycles. The zero-order valence-electron chi connectivity index (χ0n) is 22.1. The Morgan fingerprint density at radius 3 is 1.66 bits per heavy atom. The van der Waals surface area contributed by atoms with Crippen LogP contribution in [-0.2, 0) is 0 Å². The molecular weight excluding hydrogens is 482 g/mol. The summed E-state index contributed by atoms with van der Waals surface area (Å²) in [5, 5.41) is 0. The number of ether oxygens (including phenoxy) is 2. The molecule has 0 aliphatic carbocycles. The van der Waals surface area contributed by atoms with Gasteiger partial charge in [-0.25, -0.2) is 13.6 Å². The summed E-state index contributed by atoms with van der Waals surface area (Å²) in [7, 11) is 0. The first-order valence-electron chi connectivity index (χ1n) is 13.6. The fourth-order valence-electron chi connectivity index (χ4n) is 4.00. The zero-order chi connectivity index (χ0) is 27.0. The summed E-state index contributed by atoms with van der Waals surface area (Å²) >= 11 is 0. The number of carbonyl (C=O) groups excluding carboxylic acids is 1. The normalized spacial score (nSPS) is 10.5. The maximum atomic E-state index is 13.3. The van der Waals surface area contributed by atoms with Gasteiger partial charge in [0.15, 0.2) is 0 Å². The van der Waals surface area contributed by atoms with Crippen molar-refractivity contribution in [1.29, 1.82) is 0 Å². The molecule has 0 fully saturated rings. The van der Waals surface area contributed by atoms with Crippen molar-refractivity contribution in [2.45, 2.75) is 71.1 Å². The Labute approximate surface area is 225 Å². The van der Waals surface area contributed by atoms with Gasteiger partial charge in [0, 0.05) is 17.2 Å². The molecule has 0 heterocycles. The summed E-state index contributed by atoms with van der Waals surface area (Å²) in [6.45, 7) is 2.98. The molecule has 200 valence electrons. The van der Waals surface area contributed by atoms with Gasteiger partial charge in [-0.05, 0) is 67.1 Å². The van der Waals surface area contributed by atoms with E-state index >= 15 is 0 Å². The molecule has 5 heteroatoms. The number of benzene rings is 3. The Morgan fingerprint density at radius 2 is 1.13 bits per heavy atom. The van der Waals surface area contributed by atoms with Crippen molar-refractivity contribution in [2.24, 2.45) is 0 Å². The minimum Gasteiger partial charge on any atom is -0.494 e. The van der Waals surface area contributed by atoms with Gasteiger partial charge in [-0.2, -0.15) is 0 Å². The Morgan fingerprint density at radius 1 is 0.658 bits per heavy atom. The third-order valence-corrected chi connectivity index (χ3v) is 6.14. The third-order valence-electron chi connectivity index (χ3n) is 6.14. The SMILES string of the molecule is CCCCCCCCCCCCOc1ccc(C#Cc2ccc(OC(=O)c3cc(F)cc(F)c3)cc2)cc1. The minimum absolute atomic E-state index is 0.192. The minimum atomic E-state index is -0.837. The largest absolute Gasteiger partial charge is 0.494 e. The molecule has 0 N–H and O–H groups in total. The van der Waals surface area contributed by atoms with Gasteiger partial charge in [0.05, 0.1) is 12.2 Å². The number of rotatable bonds is 14. The van der Waals surface area contributed by atoms with Crippen molar-refractivity contribution >= 4 is 5.97 Å². The van der Waals surface area contributed by atoms with Crippen LogP contribution >= 0.6 is 0 Å². The van der Waals surface area contributed by atoms with Gasteiger partial charge in [-0.1, -0.05) is 76.6 Å². The van der Waals surface area contributed by atoms with Gasteiger partial charge < -0.3 is 9.47 Å². The molecule has 3 rings (SSSR count). The van der Waals surface area contributed by atoms with E-state index in [-0.39, 0.29) is 11.3 Å². The second-order valence-electron chi connectivity index (χ2n) is 9.38. The summed E-state index contributed by atoms with van der Waals surface area (Å²) in [5.41, 5.74) is 1.41. The fourth-order valence-corrected chi connectivity index (χ4v) is 4.00.